The van der Waals surface area contributed by atoms with Crippen LogP contribution in [-0.4, -0.2) is 89.0 Å². The van der Waals surface area contributed by atoms with Crippen LogP contribution in [-0.2, 0) is 16.6 Å². The van der Waals surface area contributed by atoms with Crippen LogP contribution in [0.15, 0.2) is 42.6 Å². The minimum atomic E-state index is -3.84. The maximum Gasteiger partial charge on any atom is 0.264 e. The number of nitrogens with one attached hydrogen (secondary N) is 1. The summed E-state index contributed by atoms with van der Waals surface area (Å²) in [5, 5.41) is 5.13. The Morgan fingerprint density at radius 3 is 2.30 bits per heavy atom. The van der Waals surface area contributed by atoms with Crippen molar-refractivity contribution in [2.75, 3.05) is 27.2 Å². The van der Waals surface area contributed by atoms with Gasteiger partial charge in [-0.2, -0.15) is 5.10 Å². The number of rotatable bonds is 8. The van der Waals surface area contributed by atoms with Crippen LogP contribution in [0.2, 0.25) is 0 Å². The van der Waals surface area contributed by atoms with Crippen molar-refractivity contribution in [2.45, 2.75) is 109 Å². The fraction of sp³-hybridized carbons (Fsp3) is 0.500. The average molecular weight is 755 g/mol. The van der Waals surface area contributed by atoms with E-state index in [1.165, 1.54) is 12.0 Å². The van der Waals surface area contributed by atoms with E-state index in [1.807, 2.05) is 27.8 Å². The topological polar surface area (TPSA) is 119 Å². The van der Waals surface area contributed by atoms with Gasteiger partial charge in [0.05, 0.1) is 42.1 Å². The van der Waals surface area contributed by atoms with Crippen molar-refractivity contribution >= 4 is 44.4 Å². The van der Waals surface area contributed by atoms with Crippen molar-refractivity contribution in [2.24, 2.45) is 0 Å². The summed E-state index contributed by atoms with van der Waals surface area (Å²) in [5.74, 6) is 0.351. The number of benzene rings is 2. The molecule has 4 aromatic rings. The highest BCUT2D eigenvalue weighted by Crippen LogP contribution is 2.48. The number of fused-ring (bicyclic) bond motifs is 5. The second-order valence-electron chi connectivity index (χ2n) is 16.1. The molecule has 2 fully saturated rings. The Labute approximate surface area is 319 Å². The standard InChI is InChI=1S/C42H54N6O5S/c1-25(2)48-39(36(21-43-48)42(50)46-22-27(5)45(7)28(6)23-46)32-18-31-19-33(53-8)15-17-34(31)40-38(29-12-10-9-11-13-29)35-16-14-30(20-37(35)47(40)24-32)41(49)44-54(51,52)26(3)4/h14-21,25-29H,9-13,22-24H2,1-8H3,(H,44,49). The first-order chi connectivity index (χ1) is 25.7. The molecule has 3 aliphatic rings. The number of carbonyl (C=O) groups is 2. The summed E-state index contributed by atoms with van der Waals surface area (Å²) in [6.45, 7) is 13.2. The number of sulfonamides is 1. The molecule has 0 bridgehead atoms. The number of likely N-dealkylation sites (N-methyl/N-ethyl adjacent to an activating group) is 1. The number of aromatic nitrogens is 3. The molecule has 2 atom stereocenters. The molecule has 288 valence electrons. The van der Waals surface area contributed by atoms with Crippen LogP contribution in [0.1, 0.15) is 123 Å². The maximum absolute atomic E-state index is 14.6. The molecule has 0 radical (unpaired) electrons. The number of nitrogens with zero attached hydrogens (tertiary/aromatic N) is 5. The molecule has 1 saturated heterocycles. The molecule has 7 rings (SSSR count). The third-order valence-electron chi connectivity index (χ3n) is 11.9. The minimum Gasteiger partial charge on any atom is -0.497 e. The largest absolute Gasteiger partial charge is 0.497 e. The Balaban J connectivity index is 1.46. The number of carbonyl (C=O) groups excluding carboxylic acids is 2. The lowest BCUT2D eigenvalue weighted by molar-refractivity contribution is 0.0414. The Morgan fingerprint density at radius 2 is 1.65 bits per heavy atom. The van der Waals surface area contributed by atoms with Gasteiger partial charge in [-0.3, -0.25) is 19.2 Å². The summed E-state index contributed by atoms with van der Waals surface area (Å²) in [7, 11) is -0.0596. The highest BCUT2D eigenvalue weighted by molar-refractivity contribution is 7.90. The lowest BCUT2D eigenvalue weighted by Crippen LogP contribution is -2.56. The van der Waals surface area contributed by atoms with Crippen LogP contribution in [0.25, 0.3) is 33.8 Å². The van der Waals surface area contributed by atoms with Crippen LogP contribution in [0, 0.1) is 0 Å². The Bertz CT molecular complexity index is 2230. The van der Waals surface area contributed by atoms with Crippen LogP contribution >= 0.6 is 0 Å². The first kappa shape index (κ1) is 37.9. The third-order valence-corrected chi connectivity index (χ3v) is 13.6. The van der Waals surface area contributed by atoms with Gasteiger partial charge in [0.15, 0.2) is 0 Å². The van der Waals surface area contributed by atoms with Crippen LogP contribution in [0.4, 0.5) is 0 Å². The molecule has 0 spiro atoms. The third kappa shape index (κ3) is 6.76. The molecule has 12 heteroatoms. The van der Waals surface area contributed by atoms with Crippen molar-refractivity contribution in [1.29, 1.82) is 0 Å². The van der Waals surface area contributed by atoms with Gasteiger partial charge in [0.1, 0.15) is 5.75 Å². The van der Waals surface area contributed by atoms with Crippen molar-refractivity contribution < 1.29 is 22.7 Å². The van der Waals surface area contributed by atoms with Crippen molar-refractivity contribution in [1.82, 2.24) is 28.9 Å². The predicted octanol–water partition coefficient (Wildman–Crippen LogP) is 7.33. The summed E-state index contributed by atoms with van der Waals surface area (Å²) < 4.78 is 37.8. The molecule has 2 aromatic carbocycles. The summed E-state index contributed by atoms with van der Waals surface area (Å²) in [6.07, 6.45) is 9.52. The van der Waals surface area contributed by atoms with E-state index in [2.05, 4.69) is 67.1 Å². The highest BCUT2D eigenvalue weighted by atomic mass is 32.2. The SMILES string of the molecule is COc1ccc2c(c1)C=C(c1c(C(=O)N3CC(C)N(C)C(C)C3)cnn1C(C)C)Cn1c-2c(C2CCCCC2)c2ccc(C(=O)NS(=O)(=O)C(C)C)cc21. The van der Waals surface area contributed by atoms with Gasteiger partial charge in [-0.1, -0.05) is 25.3 Å². The number of amides is 2. The van der Waals surface area contributed by atoms with E-state index in [9.17, 15) is 18.0 Å². The van der Waals surface area contributed by atoms with E-state index in [4.69, 9.17) is 9.84 Å². The number of allylic oxidation sites excluding steroid dienone is 1. The van der Waals surface area contributed by atoms with Gasteiger partial charge >= 0.3 is 0 Å². The van der Waals surface area contributed by atoms with Crippen molar-refractivity contribution in [3.63, 3.8) is 0 Å². The number of piperazine rings is 1. The molecule has 1 saturated carbocycles. The number of ether oxygens (including phenoxy) is 1. The number of hydrogen-bond donors (Lipinski definition) is 1. The predicted molar refractivity (Wildman–Crippen MR) is 214 cm³/mol. The average Bonchev–Trinajstić information content (AvgIpc) is 3.68. The van der Waals surface area contributed by atoms with E-state index in [0.717, 1.165) is 70.4 Å². The van der Waals surface area contributed by atoms with Crippen molar-refractivity contribution in [3.05, 3.63) is 70.5 Å². The van der Waals surface area contributed by atoms with Gasteiger partial charge in [-0.15, -0.1) is 0 Å². The molecule has 1 N–H and O–H groups in total. The first-order valence-corrected chi connectivity index (χ1v) is 20.9. The Morgan fingerprint density at radius 1 is 0.944 bits per heavy atom. The zero-order chi connectivity index (χ0) is 38.6. The van der Waals surface area contributed by atoms with Gasteiger partial charge in [-0.25, -0.2) is 13.1 Å². The lowest BCUT2D eigenvalue weighted by Gasteiger charge is -2.42. The van der Waals surface area contributed by atoms with Crippen LogP contribution in [0.5, 0.6) is 5.75 Å². The van der Waals surface area contributed by atoms with E-state index >= 15 is 0 Å². The normalized spacial score (nSPS) is 19.8. The quantitative estimate of drug-likeness (QED) is 0.200. The summed E-state index contributed by atoms with van der Waals surface area (Å²) in [4.78, 5) is 32.4. The second-order valence-corrected chi connectivity index (χ2v) is 18.3. The molecule has 2 aromatic heterocycles. The highest BCUT2D eigenvalue weighted by Gasteiger charge is 2.35. The minimum absolute atomic E-state index is 0.0299. The monoisotopic (exact) mass is 754 g/mol. The Kier molecular flexibility index (Phi) is 10.3. The maximum atomic E-state index is 14.6. The molecule has 1 aliphatic carbocycles. The van der Waals surface area contributed by atoms with Gasteiger partial charge in [0.2, 0.25) is 10.0 Å². The van der Waals surface area contributed by atoms with E-state index in [1.54, 1.807) is 33.2 Å². The molecule has 4 heterocycles. The van der Waals surface area contributed by atoms with Crippen LogP contribution < -0.4 is 9.46 Å². The fourth-order valence-electron chi connectivity index (χ4n) is 8.60. The lowest BCUT2D eigenvalue weighted by atomic mass is 9.81. The fourth-order valence-corrected chi connectivity index (χ4v) is 9.22. The van der Waals surface area contributed by atoms with E-state index in [0.29, 0.717) is 31.1 Å². The molecule has 2 aliphatic heterocycles. The summed E-state index contributed by atoms with van der Waals surface area (Å²) in [6, 6.07) is 12.1. The molecular weight excluding hydrogens is 701 g/mol. The first-order valence-electron chi connectivity index (χ1n) is 19.4. The number of methoxy groups -OCH3 is 1. The molecule has 2 unspecified atom stereocenters. The van der Waals surface area contributed by atoms with Crippen molar-refractivity contribution in [3.8, 4) is 17.0 Å². The van der Waals surface area contributed by atoms with E-state index < -0.39 is 21.2 Å². The van der Waals surface area contributed by atoms with Gasteiger partial charge in [0.25, 0.3) is 11.8 Å². The Hall–Kier alpha value is -4.42. The summed E-state index contributed by atoms with van der Waals surface area (Å²) >= 11 is 0. The summed E-state index contributed by atoms with van der Waals surface area (Å²) in [5.41, 5.74) is 7.72. The van der Waals surface area contributed by atoms with Gasteiger partial charge in [0, 0.05) is 53.2 Å². The molecule has 2 amide bonds. The van der Waals surface area contributed by atoms with Gasteiger partial charge < -0.3 is 14.2 Å². The van der Waals surface area contributed by atoms with E-state index in [-0.39, 0.29) is 29.6 Å². The number of hydrogen-bond acceptors (Lipinski definition) is 7. The zero-order valence-electron chi connectivity index (χ0n) is 32.8. The zero-order valence-corrected chi connectivity index (χ0v) is 33.7. The van der Waals surface area contributed by atoms with Crippen LogP contribution in [0.3, 0.4) is 0 Å². The molecule has 11 nitrogen and oxygen atoms in total. The smallest absolute Gasteiger partial charge is 0.264 e. The molecule has 54 heavy (non-hydrogen) atoms. The molecular formula is C42H54N6O5S. The van der Waals surface area contributed by atoms with Gasteiger partial charge in [-0.05, 0) is 120 Å². The second kappa shape index (κ2) is 14.7.